The molecule has 0 saturated carbocycles. The first kappa shape index (κ1) is 20.5. The Bertz CT molecular complexity index is 812. The third kappa shape index (κ3) is 3.82. The lowest BCUT2D eigenvalue weighted by Gasteiger charge is -2.22. The highest BCUT2D eigenvalue weighted by Gasteiger charge is 2.41. The topological polar surface area (TPSA) is 75.7 Å². The maximum absolute atomic E-state index is 14.7. The fourth-order valence-electron chi connectivity index (χ4n) is 3.58. The molecule has 0 fully saturated rings. The Morgan fingerprint density at radius 2 is 1.89 bits per heavy atom. The zero-order valence-electron chi connectivity index (χ0n) is 15.6. The normalized spacial score (nSPS) is 17.8. The third-order valence-corrected chi connectivity index (χ3v) is 5.36. The Kier molecular flexibility index (Phi) is 6.46. The summed E-state index contributed by atoms with van der Waals surface area (Å²) in [7, 11) is 0. The predicted octanol–water partition coefficient (Wildman–Crippen LogP) is 3.78. The lowest BCUT2D eigenvalue weighted by molar-refractivity contribution is -0.135. The number of nitrogens with zero attached hydrogens (tertiary/aromatic N) is 1. The first-order valence-electron chi connectivity index (χ1n) is 9.41. The van der Waals surface area contributed by atoms with Gasteiger partial charge < -0.3 is 4.74 Å². The van der Waals surface area contributed by atoms with Crippen molar-refractivity contribution in [3.8, 4) is 0 Å². The second kappa shape index (κ2) is 8.84. The first-order chi connectivity index (χ1) is 13.5. The van der Waals surface area contributed by atoms with Crippen molar-refractivity contribution in [1.29, 1.82) is 0 Å². The minimum atomic E-state index is -0.911. The molecule has 3 rings (SSSR count). The Balaban J connectivity index is 1.96. The standard InChI is InChI=1S/C20H22ClFN2O4/c1-2-3-8-23-18(28-11-25)14-9-17(16(22)10-15(14)21)24-19(26)12-6-4-5-7-13(12)20(24)27/h9-11,18,23H,2-8H2,1H3. The highest BCUT2D eigenvalue weighted by atomic mass is 35.5. The summed E-state index contributed by atoms with van der Waals surface area (Å²) in [5, 5.41) is 3.07. The average molecular weight is 409 g/mol. The summed E-state index contributed by atoms with van der Waals surface area (Å²) >= 11 is 6.17. The van der Waals surface area contributed by atoms with Crippen molar-refractivity contribution in [2.24, 2.45) is 0 Å². The van der Waals surface area contributed by atoms with Crippen LogP contribution in [-0.4, -0.2) is 24.8 Å². The lowest BCUT2D eigenvalue weighted by atomic mass is 9.93. The van der Waals surface area contributed by atoms with Crippen LogP contribution in [0.15, 0.2) is 23.3 Å². The Morgan fingerprint density at radius 1 is 1.25 bits per heavy atom. The molecule has 0 saturated heterocycles. The number of hydrogen-bond donors (Lipinski definition) is 1. The average Bonchev–Trinajstić information content (AvgIpc) is 2.93. The molecule has 0 aromatic heterocycles. The first-order valence-corrected chi connectivity index (χ1v) is 9.79. The molecule has 2 aliphatic rings. The highest BCUT2D eigenvalue weighted by Crippen LogP contribution is 2.38. The fourth-order valence-corrected chi connectivity index (χ4v) is 3.83. The van der Waals surface area contributed by atoms with E-state index in [-0.39, 0.29) is 22.7 Å². The second-order valence-electron chi connectivity index (χ2n) is 6.86. The SMILES string of the molecule is CCCCNC(OC=O)c1cc(N2C(=O)C3=C(CCCC3)C2=O)c(F)cc1Cl. The molecule has 1 heterocycles. The maximum atomic E-state index is 14.7. The number of ether oxygens (including phenoxy) is 1. The molecule has 0 spiro atoms. The molecule has 1 aliphatic heterocycles. The monoisotopic (exact) mass is 408 g/mol. The predicted molar refractivity (Wildman–Crippen MR) is 102 cm³/mol. The van der Waals surface area contributed by atoms with Gasteiger partial charge in [0.05, 0.1) is 10.7 Å². The van der Waals surface area contributed by atoms with Crippen LogP contribution in [0.5, 0.6) is 0 Å². The summed E-state index contributed by atoms with van der Waals surface area (Å²) < 4.78 is 19.7. The molecule has 2 amide bonds. The number of rotatable bonds is 8. The van der Waals surface area contributed by atoms with Gasteiger partial charge in [0, 0.05) is 16.7 Å². The van der Waals surface area contributed by atoms with Gasteiger partial charge in [-0.2, -0.15) is 0 Å². The van der Waals surface area contributed by atoms with Gasteiger partial charge in [0.15, 0.2) is 6.23 Å². The van der Waals surface area contributed by atoms with E-state index in [9.17, 15) is 18.8 Å². The summed E-state index contributed by atoms with van der Waals surface area (Å²) in [5.74, 6) is -1.76. The molecular formula is C20H22ClFN2O4. The van der Waals surface area contributed by atoms with Gasteiger partial charge in [-0.15, -0.1) is 0 Å². The van der Waals surface area contributed by atoms with Crippen molar-refractivity contribution < 1.29 is 23.5 Å². The van der Waals surface area contributed by atoms with Crippen LogP contribution in [0.2, 0.25) is 5.02 Å². The molecule has 6 nitrogen and oxygen atoms in total. The van der Waals surface area contributed by atoms with Gasteiger partial charge in [-0.25, -0.2) is 9.29 Å². The molecule has 150 valence electrons. The summed E-state index contributed by atoms with van der Waals surface area (Å²) in [6.07, 6.45) is 3.56. The van der Waals surface area contributed by atoms with Crippen LogP contribution in [0.3, 0.4) is 0 Å². The molecule has 0 bridgehead atoms. The third-order valence-electron chi connectivity index (χ3n) is 5.03. The number of unbranched alkanes of at least 4 members (excludes halogenated alkanes) is 1. The second-order valence-corrected chi connectivity index (χ2v) is 7.26. The zero-order valence-corrected chi connectivity index (χ0v) is 16.4. The number of imide groups is 1. The van der Waals surface area contributed by atoms with Gasteiger partial charge in [-0.3, -0.25) is 19.7 Å². The summed E-state index contributed by atoms with van der Waals surface area (Å²) in [6, 6.07) is 2.34. The number of halogens is 2. The van der Waals surface area contributed by atoms with E-state index in [0.717, 1.165) is 36.6 Å². The van der Waals surface area contributed by atoms with Gasteiger partial charge >= 0.3 is 0 Å². The van der Waals surface area contributed by atoms with Crippen LogP contribution < -0.4 is 10.2 Å². The number of anilines is 1. The molecule has 8 heteroatoms. The van der Waals surface area contributed by atoms with Gasteiger partial charge in [0.25, 0.3) is 18.3 Å². The van der Waals surface area contributed by atoms with Gasteiger partial charge in [-0.05, 0) is 50.8 Å². The van der Waals surface area contributed by atoms with E-state index in [1.807, 2.05) is 6.92 Å². The maximum Gasteiger partial charge on any atom is 0.294 e. The van der Waals surface area contributed by atoms with Crippen LogP contribution in [0.25, 0.3) is 0 Å². The molecular weight excluding hydrogens is 387 g/mol. The van der Waals surface area contributed by atoms with Crippen molar-refractivity contribution in [2.45, 2.75) is 51.7 Å². The molecule has 1 aliphatic carbocycles. The van der Waals surface area contributed by atoms with Crippen LogP contribution in [-0.2, 0) is 19.1 Å². The van der Waals surface area contributed by atoms with Crippen LogP contribution in [0.1, 0.15) is 57.2 Å². The van der Waals surface area contributed by atoms with E-state index in [1.54, 1.807) is 0 Å². The summed E-state index contributed by atoms with van der Waals surface area (Å²) in [5.41, 5.74) is 1.04. The van der Waals surface area contributed by atoms with Gasteiger partial charge in [-0.1, -0.05) is 24.9 Å². The van der Waals surface area contributed by atoms with Gasteiger partial charge in [0.2, 0.25) is 0 Å². The molecule has 1 aromatic carbocycles. The summed E-state index contributed by atoms with van der Waals surface area (Å²) in [4.78, 5) is 37.3. The molecule has 1 aromatic rings. The van der Waals surface area contributed by atoms with Crippen molar-refractivity contribution in [3.63, 3.8) is 0 Å². The molecule has 1 atom stereocenters. The van der Waals surface area contributed by atoms with E-state index in [0.29, 0.717) is 30.5 Å². The number of benzene rings is 1. The number of amides is 2. The van der Waals surface area contributed by atoms with Gasteiger partial charge in [0.1, 0.15) is 5.82 Å². The quantitative estimate of drug-likeness (QED) is 0.306. The van der Waals surface area contributed by atoms with Crippen molar-refractivity contribution in [1.82, 2.24) is 5.32 Å². The number of nitrogens with one attached hydrogen (secondary N) is 1. The van der Waals surface area contributed by atoms with E-state index >= 15 is 0 Å². The zero-order chi connectivity index (χ0) is 20.3. The van der Waals surface area contributed by atoms with E-state index in [2.05, 4.69) is 5.32 Å². The van der Waals surface area contributed by atoms with Crippen LogP contribution in [0.4, 0.5) is 10.1 Å². The Hall–Kier alpha value is -2.25. The molecule has 0 radical (unpaired) electrons. The number of hydrogen-bond acceptors (Lipinski definition) is 5. The number of carbonyl (C=O) groups is 3. The van der Waals surface area contributed by atoms with Crippen molar-refractivity contribution in [2.75, 3.05) is 11.4 Å². The minimum absolute atomic E-state index is 0.0360. The van der Waals surface area contributed by atoms with Crippen molar-refractivity contribution in [3.05, 3.63) is 39.7 Å². The van der Waals surface area contributed by atoms with Crippen LogP contribution in [0, 0.1) is 5.82 Å². The highest BCUT2D eigenvalue weighted by molar-refractivity contribution is 6.34. The van der Waals surface area contributed by atoms with E-state index in [1.165, 1.54) is 6.07 Å². The minimum Gasteiger partial charge on any atom is -0.444 e. The molecule has 1 unspecified atom stereocenters. The lowest BCUT2D eigenvalue weighted by Crippen LogP contribution is -2.33. The summed E-state index contributed by atoms with van der Waals surface area (Å²) in [6.45, 7) is 2.84. The Labute approximate surface area is 167 Å². The van der Waals surface area contributed by atoms with Crippen molar-refractivity contribution >= 4 is 35.6 Å². The molecule has 1 N–H and O–H groups in total. The Morgan fingerprint density at radius 3 is 2.46 bits per heavy atom. The molecule has 28 heavy (non-hydrogen) atoms. The number of carbonyl (C=O) groups excluding carboxylic acids is 3. The fraction of sp³-hybridized carbons (Fsp3) is 0.450. The largest absolute Gasteiger partial charge is 0.444 e. The smallest absolute Gasteiger partial charge is 0.294 e. The van der Waals surface area contributed by atoms with E-state index in [4.69, 9.17) is 16.3 Å². The van der Waals surface area contributed by atoms with E-state index < -0.39 is 23.9 Å². The van der Waals surface area contributed by atoms with Crippen LogP contribution >= 0.6 is 11.6 Å².